The number of aryl methyl sites for hydroxylation is 1. The molecule has 0 aliphatic carbocycles. The van der Waals surface area contributed by atoms with E-state index >= 15 is 0 Å². The highest BCUT2D eigenvalue weighted by Gasteiger charge is 2.10. The molecule has 0 saturated heterocycles. The fourth-order valence-corrected chi connectivity index (χ4v) is 2.08. The minimum atomic E-state index is -0.524. The Morgan fingerprint density at radius 2 is 1.58 bits per heavy atom. The van der Waals surface area contributed by atoms with Gasteiger partial charge in [-0.25, -0.2) is 4.79 Å². The van der Waals surface area contributed by atoms with Crippen molar-refractivity contribution in [2.75, 3.05) is 13.7 Å². The van der Waals surface area contributed by atoms with Crippen LogP contribution in [0.5, 0.6) is 0 Å². The number of amides is 1. The van der Waals surface area contributed by atoms with Gasteiger partial charge in [0, 0.05) is 13.7 Å². The first kappa shape index (κ1) is 17.7. The van der Waals surface area contributed by atoms with Crippen LogP contribution in [0.3, 0.4) is 0 Å². The molecular formula is C19H21NO4. The van der Waals surface area contributed by atoms with Gasteiger partial charge in [-0.05, 0) is 30.2 Å². The Balaban J connectivity index is 1.76. The molecule has 5 nitrogen and oxygen atoms in total. The van der Waals surface area contributed by atoms with E-state index in [9.17, 15) is 9.59 Å². The van der Waals surface area contributed by atoms with E-state index in [1.54, 1.807) is 31.4 Å². The Labute approximate surface area is 141 Å². The van der Waals surface area contributed by atoms with Crippen LogP contribution in [0.1, 0.15) is 27.0 Å². The Morgan fingerprint density at radius 1 is 0.958 bits per heavy atom. The van der Waals surface area contributed by atoms with E-state index in [0.717, 1.165) is 16.7 Å². The van der Waals surface area contributed by atoms with Gasteiger partial charge in [0.15, 0.2) is 6.61 Å². The zero-order valence-electron chi connectivity index (χ0n) is 13.9. The van der Waals surface area contributed by atoms with E-state index in [0.29, 0.717) is 18.7 Å². The van der Waals surface area contributed by atoms with Crippen LogP contribution in [0.25, 0.3) is 0 Å². The summed E-state index contributed by atoms with van der Waals surface area (Å²) in [6.45, 7) is 2.59. The van der Waals surface area contributed by atoms with Gasteiger partial charge in [-0.3, -0.25) is 4.79 Å². The third-order valence-electron chi connectivity index (χ3n) is 3.45. The zero-order chi connectivity index (χ0) is 17.4. The summed E-state index contributed by atoms with van der Waals surface area (Å²) in [5, 5.41) is 2.72. The molecule has 5 heteroatoms. The lowest BCUT2D eigenvalue weighted by Crippen LogP contribution is -2.28. The van der Waals surface area contributed by atoms with Crippen LogP contribution in [0.2, 0.25) is 0 Å². The van der Waals surface area contributed by atoms with Crippen molar-refractivity contribution in [3.63, 3.8) is 0 Å². The fourth-order valence-electron chi connectivity index (χ4n) is 2.08. The van der Waals surface area contributed by atoms with Crippen LogP contribution < -0.4 is 5.32 Å². The Kier molecular flexibility index (Phi) is 6.51. The molecule has 2 rings (SSSR count). The maximum atomic E-state index is 11.9. The number of esters is 1. The SMILES string of the molecule is COCc1ccc(C(=O)OCC(=O)NCc2ccc(C)cc2)cc1. The van der Waals surface area contributed by atoms with Crippen molar-refractivity contribution in [2.24, 2.45) is 0 Å². The molecule has 1 amide bonds. The molecule has 0 unspecified atom stereocenters. The number of carbonyl (C=O) groups excluding carboxylic acids is 2. The predicted octanol–water partition coefficient (Wildman–Crippen LogP) is 2.61. The van der Waals surface area contributed by atoms with Crippen LogP contribution in [0.4, 0.5) is 0 Å². The van der Waals surface area contributed by atoms with E-state index in [1.807, 2.05) is 31.2 Å². The minimum absolute atomic E-state index is 0.301. The number of ether oxygens (including phenoxy) is 2. The molecule has 2 aromatic rings. The van der Waals surface area contributed by atoms with Crippen LogP contribution in [0, 0.1) is 6.92 Å². The number of rotatable bonds is 7. The van der Waals surface area contributed by atoms with E-state index in [1.165, 1.54) is 0 Å². The van der Waals surface area contributed by atoms with E-state index in [4.69, 9.17) is 9.47 Å². The first-order valence-electron chi connectivity index (χ1n) is 7.65. The highest BCUT2D eigenvalue weighted by molar-refractivity contribution is 5.91. The monoisotopic (exact) mass is 327 g/mol. The Morgan fingerprint density at radius 3 is 2.21 bits per heavy atom. The lowest BCUT2D eigenvalue weighted by atomic mass is 10.1. The molecule has 0 spiro atoms. The molecule has 0 bridgehead atoms. The summed E-state index contributed by atoms with van der Waals surface area (Å²) >= 11 is 0. The van der Waals surface area contributed by atoms with Gasteiger partial charge in [-0.15, -0.1) is 0 Å². The smallest absolute Gasteiger partial charge is 0.338 e. The van der Waals surface area contributed by atoms with Crippen molar-refractivity contribution in [1.29, 1.82) is 0 Å². The quantitative estimate of drug-likeness (QED) is 0.794. The molecule has 126 valence electrons. The Hall–Kier alpha value is -2.66. The average Bonchev–Trinajstić information content (AvgIpc) is 2.60. The van der Waals surface area contributed by atoms with Crippen LogP contribution >= 0.6 is 0 Å². The molecule has 0 aromatic heterocycles. The molecule has 24 heavy (non-hydrogen) atoms. The largest absolute Gasteiger partial charge is 0.452 e. The van der Waals surface area contributed by atoms with Crippen molar-refractivity contribution < 1.29 is 19.1 Å². The number of benzene rings is 2. The second-order valence-electron chi connectivity index (χ2n) is 5.47. The van der Waals surface area contributed by atoms with E-state index in [-0.39, 0.29) is 12.5 Å². The second kappa shape index (κ2) is 8.84. The molecule has 0 heterocycles. The third kappa shape index (κ3) is 5.52. The summed E-state index contributed by atoms with van der Waals surface area (Å²) in [5.74, 6) is -0.857. The van der Waals surface area contributed by atoms with Gasteiger partial charge < -0.3 is 14.8 Å². The third-order valence-corrected chi connectivity index (χ3v) is 3.45. The molecule has 2 aromatic carbocycles. The van der Waals surface area contributed by atoms with Gasteiger partial charge in [-0.2, -0.15) is 0 Å². The summed E-state index contributed by atoms with van der Waals surface area (Å²) in [6, 6.07) is 14.7. The van der Waals surface area contributed by atoms with Crippen LogP contribution in [-0.2, 0) is 27.4 Å². The van der Waals surface area contributed by atoms with Crippen molar-refractivity contribution in [3.8, 4) is 0 Å². The van der Waals surface area contributed by atoms with Gasteiger partial charge in [0.25, 0.3) is 5.91 Å². The molecule has 1 N–H and O–H groups in total. The minimum Gasteiger partial charge on any atom is -0.452 e. The number of methoxy groups -OCH3 is 1. The van der Waals surface area contributed by atoms with Crippen molar-refractivity contribution in [2.45, 2.75) is 20.1 Å². The van der Waals surface area contributed by atoms with E-state index in [2.05, 4.69) is 5.32 Å². The van der Waals surface area contributed by atoms with Crippen molar-refractivity contribution >= 4 is 11.9 Å². The molecule has 0 aliphatic rings. The molecule has 0 aliphatic heterocycles. The highest BCUT2D eigenvalue weighted by atomic mass is 16.5. The number of hydrogen-bond donors (Lipinski definition) is 1. The number of carbonyl (C=O) groups is 2. The predicted molar refractivity (Wildman–Crippen MR) is 90.5 cm³/mol. The molecule has 0 fully saturated rings. The van der Waals surface area contributed by atoms with Gasteiger partial charge >= 0.3 is 5.97 Å². The number of hydrogen-bond acceptors (Lipinski definition) is 4. The summed E-state index contributed by atoms with van der Waals surface area (Å²) in [7, 11) is 1.61. The summed E-state index contributed by atoms with van der Waals surface area (Å²) in [6.07, 6.45) is 0. The van der Waals surface area contributed by atoms with Crippen LogP contribution in [0.15, 0.2) is 48.5 Å². The second-order valence-corrected chi connectivity index (χ2v) is 5.47. The molecule has 0 atom stereocenters. The maximum absolute atomic E-state index is 11.9. The van der Waals surface area contributed by atoms with Gasteiger partial charge in [0.2, 0.25) is 0 Å². The lowest BCUT2D eigenvalue weighted by Gasteiger charge is -2.07. The van der Waals surface area contributed by atoms with E-state index < -0.39 is 5.97 Å². The van der Waals surface area contributed by atoms with Gasteiger partial charge in [0.1, 0.15) is 0 Å². The molecule has 0 radical (unpaired) electrons. The van der Waals surface area contributed by atoms with Gasteiger partial charge in [-0.1, -0.05) is 42.0 Å². The highest BCUT2D eigenvalue weighted by Crippen LogP contribution is 2.07. The first-order valence-corrected chi connectivity index (χ1v) is 7.65. The summed E-state index contributed by atoms with van der Waals surface area (Å²) < 4.78 is 10.0. The van der Waals surface area contributed by atoms with Crippen molar-refractivity contribution in [3.05, 3.63) is 70.8 Å². The Bertz CT molecular complexity index is 678. The topological polar surface area (TPSA) is 64.6 Å². The van der Waals surface area contributed by atoms with Crippen molar-refractivity contribution in [1.82, 2.24) is 5.32 Å². The standard InChI is InChI=1S/C19H21NO4/c1-14-3-5-15(6-4-14)11-20-18(21)13-24-19(22)17-9-7-16(8-10-17)12-23-2/h3-10H,11-13H2,1-2H3,(H,20,21). The normalized spacial score (nSPS) is 10.2. The van der Waals surface area contributed by atoms with Crippen LogP contribution in [-0.4, -0.2) is 25.6 Å². The lowest BCUT2D eigenvalue weighted by molar-refractivity contribution is -0.124. The molecular weight excluding hydrogens is 306 g/mol. The van der Waals surface area contributed by atoms with Gasteiger partial charge in [0.05, 0.1) is 12.2 Å². The average molecular weight is 327 g/mol. The first-order chi connectivity index (χ1) is 11.6. The molecule has 0 saturated carbocycles. The number of nitrogens with one attached hydrogen (secondary N) is 1. The maximum Gasteiger partial charge on any atom is 0.338 e. The fraction of sp³-hybridized carbons (Fsp3) is 0.263. The zero-order valence-corrected chi connectivity index (χ0v) is 13.9. The summed E-state index contributed by atoms with van der Waals surface area (Å²) in [5.41, 5.74) is 3.52. The summed E-state index contributed by atoms with van der Waals surface area (Å²) in [4.78, 5) is 23.7.